The fourth-order valence-electron chi connectivity index (χ4n) is 3.19. The second kappa shape index (κ2) is 13.0. The molecule has 0 heterocycles. The fraction of sp³-hybridized carbons (Fsp3) is 0.625. The van der Waals surface area contributed by atoms with Crippen LogP contribution in [0.2, 0.25) is 0 Å². The summed E-state index contributed by atoms with van der Waals surface area (Å²) in [5.74, 6) is -0.955. The van der Waals surface area contributed by atoms with Gasteiger partial charge in [0.05, 0.1) is 6.61 Å². The second-order valence-corrected chi connectivity index (χ2v) is 9.02. The molecule has 186 valence electrons. The van der Waals surface area contributed by atoms with Gasteiger partial charge in [-0.3, -0.25) is 9.59 Å². The van der Waals surface area contributed by atoms with Crippen molar-refractivity contribution in [1.29, 1.82) is 0 Å². The normalized spacial score (nSPS) is 14.0. The van der Waals surface area contributed by atoms with E-state index < -0.39 is 36.3 Å². The summed E-state index contributed by atoms with van der Waals surface area (Å²) in [5.41, 5.74) is -0.276. The fourth-order valence-corrected chi connectivity index (χ4v) is 3.19. The molecule has 3 amide bonds. The SMILES string of the molecule is CCCCNC(=O)C(c1ccc(O)cc1)N(C(=O)C(CO)NC(=O)OC(C)(C)C)C(C)CC. The van der Waals surface area contributed by atoms with E-state index >= 15 is 0 Å². The van der Waals surface area contributed by atoms with Gasteiger partial charge >= 0.3 is 6.09 Å². The van der Waals surface area contributed by atoms with E-state index in [9.17, 15) is 24.6 Å². The van der Waals surface area contributed by atoms with Gasteiger partial charge in [0, 0.05) is 12.6 Å². The van der Waals surface area contributed by atoms with Crippen molar-refractivity contribution >= 4 is 17.9 Å². The Morgan fingerprint density at radius 3 is 2.21 bits per heavy atom. The maximum Gasteiger partial charge on any atom is 0.408 e. The van der Waals surface area contributed by atoms with Gasteiger partial charge in [-0.15, -0.1) is 0 Å². The minimum atomic E-state index is -1.29. The summed E-state index contributed by atoms with van der Waals surface area (Å²) in [7, 11) is 0. The minimum absolute atomic E-state index is 0.0325. The highest BCUT2D eigenvalue weighted by Gasteiger charge is 2.38. The highest BCUT2D eigenvalue weighted by Crippen LogP contribution is 2.27. The summed E-state index contributed by atoms with van der Waals surface area (Å²) in [5, 5.41) is 24.9. The van der Waals surface area contributed by atoms with Crippen LogP contribution in [-0.4, -0.2) is 63.9 Å². The highest BCUT2D eigenvalue weighted by molar-refractivity contribution is 5.92. The van der Waals surface area contributed by atoms with Crippen molar-refractivity contribution in [3.63, 3.8) is 0 Å². The number of hydrogen-bond acceptors (Lipinski definition) is 6. The molecule has 3 unspecified atom stereocenters. The van der Waals surface area contributed by atoms with Gasteiger partial charge in [0.1, 0.15) is 23.4 Å². The minimum Gasteiger partial charge on any atom is -0.508 e. The van der Waals surface area contributed by atoms with E-state index in [1.54, 1.807) is 39.8 Å². The standard InChI is InChI=1S/C24H39N3O6/c1-7-9-14-25-21(30)20(17-10-12-18(29)13-11-17)27(16(3)8-2)22(31)19(15-28)26-23(32)33-24(4,5)6/h10-13,16,19-20,28-29H,7-9,14-15H2,1-6H3,(H,25,30)(H,26,32). The van der Waals surface area contributed by atoms with Crippen LogP contribution in [0.4, 0.5) is 4.79 Å². The lowest BCUT2D eigenvalue weighted by atomic mass is 10.00. The number of aliphatic hydroxyl groups excluding tert-OH is 1. The topological polar surface area (TPSA) is 128 Å². The average Bonchev–Trinajstić information content (AvgIpc) is 2.74. The number of ether oxygens (including phenoxy) is 1. The molecule has 9 nitrogen and oxygen atoms in total. The number of alkyl carbamates (subject to hydrolysis) is 1. The van der Waals surface area contributed by atoms with E-state index in [1.165, 1.54) is 17.0 Å². The summed E-state index contributed by atoms with van der Waals surface area (Å²) in [6, 6.07) is 3.36. The first kappa shape index (κ1) is 28.2. The molecule has 1 aromatic rings. The molecule has 3 atom stereocenters. The molecule has 0 bridgehead atoms. The molecule has 1 aromatic carbocycles. The molecule has 0 aliphatic rings. The molecule has 4 N–H and O–H groups in total. The van der Waals surface area contributed by atoms with Crippen LogP contribution in [0.25, 0.3) is 0 Å². The number of hydrogen-bond donors (Lipinski definition) is 4. The van der Waals surface area contributed by atoms with Crippen LogP contribution >= 0.6 is 0 Å². The summed E-state index contributed by atoms with van der Waals surface area (Å²) >= 11 is 0. The summed E-state index contributed by atoms with van der Waals surface area (Å²) in [6.45, 7) is 10.5. The number of rotatable bonds is 11. The maximum absolute atomic E-state index is 13.6. The number of amides is 3. The third-order valence-electron chi connectivity index (χ3n) is 5.06. The number of unbranched alkanes of at least 4 members (excludes halogenated alkanes) is 1. The zero-order valence-corrected chi connectivity index (χ0v) is 20.6. The lowest BCUT2D eigenvalue weighted by molar-refractivity contribution is -0.145. The monoisotopic (exact) mass is 465 g/mol. The summed E-state index contributed by atoms with van der Waals surface area (Å²) in [6.07, 6.45) is 1.37. The molecule has 0 saturated heterocycles. The molecule has 0 saturated carbocycles. The highest BCUT2D eigenvalue weighted by atomic mass is 16.6. The van der Waals surface area contributed by atoms with Crippen molar-refractivity contribution in [2.24, 2.45) is 0 Å². The van der Waals surface area contributed by atoms with Gasteiger partial charge in [-0.1, -0.05) is 32.4 Å². The Bertz CT molecular complexity index is 775. The van der Waals surface area contributed by atoms with Crippen molar-refractivity contribution in [1.82, 2.24) is 15.5 Å². The Kier molecular flexibility index (Phi) is 11.1. The van der Waals surface area contributed by atoms with Crippen molar-refractivity contribution in [3.05, 3.63) is 29.8 Å². The lowest BCUT2D eigenvalue weighted by Gasteiger charge is -2.38. The average molecular weight is 466 g/mol. The lowest BCUT2D eigenvalue weighted by Crippen LogP contribution is -2.56. The Balaban J connectivity index is 3.34. The number of aliphatic hydroxyl groups is 1. The zero-order chi connectivity index (χ0) is 25.2. The predicted molar refractivity (Wildman–Crippen MR) is 126 cm³/mol. The van der Waals surface area contributed by atoms with E-state index in [1.807, 2.05) is 13.8 Å². The van der Waals surface area contributed by atoms with Crippen LogP contribution in [0, 0.1) is 0 Å². The van der Waals surface area contributed by atoms with Crippen LogP contribution in [0.3, 0.4) is 0 Å². The van der Waals surface area contributed by atoms with Gasteiger partial charge in [-0.05, 0) is 58.2 Å². The molecular formula is C24H39N3O6. The number of carbonyl (C=O) groups is 3. The van der Waals surface area contributed by atoms with Crippen molar-refractivity contribution < 1.29 is 29.3 Å². The third kappa shape index (κ3) is 8.92. The number of nitrogens with one attached hydrogen (secondary N) is 2. The molecule has 33 heavy (non-hydrogen) atoms. The van der Waals surface area contributed by atoms with Crippen LogP contribution in [0.1, 0.15) is 72.4 Å². The molecule has 9 heteroatoms. The number of benzene rings is 1. The van der Waals surface area contributed by atoms with Gasteiger partial charge in [-0.2, -0.15) is 0 Å². The largest absolute Gasteiger partial charge is 0.508 e. The van der Waals surface area contributed by atoms with Crippen LogP contribution in [0.5, 0.6) is 5.75 Å². The van der Waals surface area contributed by atoms with Crippen LogP contribution in [-0.2, 0) is 14.3 Å². The van der Waals surface area contributed by atoms with Crippen LogP contribution < -0.4 is 10.6 Å². The molecule has 0 aliphatic carbocycles. The summed E-state index contributed by atoms with van der Waals surface area (Å²) in [4.78, 5) is 40.4. The molecule has 1 rings (SSSR count). The Morgan fingerprint density at radius 2 is 1.73 bits per heavy atom. The van der Waals surface area contributed by atoms with Gasteiger partial charge in [0.15, 0.2) is 0 Å². The number of aromatic hydroxyl groups is 1. The molecule has 0 fully saturated rings. The Hall–Kier alpha value is -2.81. The van der Waals surface area contributed by atoms with Gasteiger partial charge in [0.25, 0.3) is 0 Å². The van der Waals surface area contributed by atoms with E-state index in [-0.39, 0.29) is 17.7 Å². The molecular weight excluding hydrogens is 426 g/mol. The first-order valence-electron chi connectivity index (χ1n) is 11.4. The number of nitrogens with zero attached hydrogens (tertiary/aromatic N) is 1. The van der Waals surface area contributed by atoms with Crippen molar-refractivity contribution in [3.8, 4) is 5.75 Å². The van der Waals surface area contributed by atoms with E-state index in [0.717, 1.165) is 12.8 Å². The van der Waals surface area contributed by atoms with Gasteiger partial charge < -0.3 is 30.5 Å². The molecule has 0 spiro atoms. The summed E-state index contributed by atoms with van der Waals surface area (Å²) < 4.78 is 5.22. The quantitative estimate of drug-likeness (QED) is 0.372. The zero-order valence-electron chi connectivity index (χ0n) is 20.6. The number of phenols is 1. The third-order valence-corrected chi connectivity index (χ3v) is 5.06. The van der Waals surface area contributed by atoms with Crippen molar-refractivity contribution in [2.75, 3.05) is 13.2 Å². The predicted octanol–water partition coefficient (Wildman–Crippen LogP) is 2.86. The van der Waals surface area contributed by atoms with Crippen LogP contribution in [0.15, 0.2) is 24.3 Å². The molecule has 0 aromatic heterocycles. The van der Waals surface area contributed by atoms with E-state index in [4.69, 9.17) is 4.74 Å². The maximum atomic E-state index is 13.6. The van der Waals surface area contributed by atoms with Gasteiger partial charge in [-0.25, -0.2) is 4.79 Å². The number of carbonyl (C=O) groups excluding carboxylic acids is 3. The van der Waals surface area contributed by atoms with E-state index in [2.05, 4.69) is 10.6 Å². The first-order valence-corrected chi connectivity index (χ1v) is 11.4. The van der Waals surface area contributed by atoms with Crippen molar-refractivity contribution in [2.45, 2.75) is 84.5 Å². The second-order valence-electron chi connectivity index (χ2n) is 9.02. The molecule has 0 aliphatic heterocycles. The number of phenolic OH excluding ortho intramolecular Hbond substituents is 1. The van der Waals surface area contributed by atoms with E-state index in [0.29, 0.717) is 18.5 Å². The first-order chi connectivity index (χ1) is 15.4. The Morgan fingerprint density at radius 1 is 1.12 bits per heavy atom. The molecule has 0 radical (unpaired) electrons. The Labute approximate surface area is 196 Å². The van der Waals surface area contributed by atoms with Gasteiger partial charge in [0.2, 0.25) is 11.8 Å². The smallest absolute Gasteiger partial charge is 0.408 e.